The highest BCUT2D eigenvalue weighted by molar-refractivity contribution is 6.22. The molecule has 134 valence electrons. The highest BCUT2D eigenvalue weighted by atomic mass is 16.5. The first-order chi connectivity index (χ1) is 13.1. The van der Waals surface area contributed by atoms with E-state index in [2.05, 4.69) is 12.2 Å². The number of anilines is 1. The van der Waals surface area contributed by atoms with Gasteiger partial charge in [0.05, 0.1) is 23.1 Å². The molecule has 2 bridgehead atoms. The smallest absolute Gasteiger partial charge is 0.343 e. The minimum absolute atomic E-state index is 0.115. The lowest BCUT2D eigenvalue weighted by atomic mass is 9.85. The zero-order chi connectivity index (χ0) is 18.5. The minimum Gasteiger partial charge on any atom is -0.423 e. The second-order valence-electron chi connectivity index (χ2n) is 7.26. The number of hydrogen-bond donors (Lipinski definition) is 0. The van der Waals surface area contributed by atoms with E-state index < -0.39 is 5.97 Å². The standard InChI is InChI=1S/C22H17NO4/c24-20-18-14-6-7-15(12-14)19(18)21(25)23(20)16-8-10-17(11-9-16)27-22(26)13-4-2-1-3-5-13/h1-11,14-15,18-19H,12H2. The van der Waals surface area contributed by atoms with Crippen molar-refractivity contribution in [3.05, 3.63) is 72.3 Å². The van der Waals surface area contributed by atoms with Crippen molar-refractivity contribution in [1.29, 1.82) is 0 Å². The Morgan fingerprint density at radius 1 is 0.852 bits per heavy atom. The zero-order valence-corrected chi connectivity index (χ0v) is 14.4. The third kappa shape index (κ3) is 2.42. The van der Waals surface area contributed by atoms with Crippen LogP contribution in [0.2, 0.25) is 0 Å². The van der Waals surface area contributed by atoms with Crippen LogP contribution in [0.3, 0.4) is 0 Å². The van der Waals surface area contributed by atoms with Crippen molar-refractivity contribution in [3.63, 3.8) is 0 Å². The molecule has 0 radical (unpaired) electrons. The average Bonchev–Trinajstić information content (AvgIpc) is 3.37. The lowest BCUT2D eigenvalue weighted by Crippen LogP contribution is -2.32. The molecule has 1 heterocycles. The van der Waals surface area contributed by atoms with Gasteiger partial charge in [0.2, 0.25) is 11.8 Å². The molecule has 2 amide bonds. The van der Waals surface area contributed by atoms with E-state index in [9.17, 15) is 14.4 Å². The third-order valence-electron chi connectivity index (χ3n) is 5.79. The van der Waals surface area contributed by atoms with E-state index in [0.29, 0.717) is 17.0 Å². The van der Waals surface area contributed by atoms with Crippen molar-refractivity contribution >= 4 is 23.5 Å². The molecule has 5 rings (SSSR count). The van der Waals surface area contributed by atoms with Crippen LogP contribution in [0.15, 0.2) is 66.7 Å². The number of carbonyl (C=O) groups excluding carboxylic acids is 3. The maximum absolute atomic E-state index is 12.8. The Bertz CT molecular complexity index is 934. The number of imide groups is 1. The van der Waals surface area contributed by atoms with Crippen molar-refractivity contribution in [2.45, 2.75) is 6.42 Å². The summed E-state index contributed by atoms with van der Waals surface area (Å²) >= 11 is 0. The van der Waals surface area contributed by atoms with E-state index in [4.69, 9.17) is 4.74 Å². The summed E-state index contributed by atoms with van der Waals surface area (Å²) in [5.41, 5.74) is 0.987. The van der Waals surface area contributed by atoms with Gasteiger partial charge in [0.25, 0.3) is 0 Å². The summed E-state index contributed by atoms with van der Waals surface area (Å²) in [5, 5.41) is 0. The van der Waals surface area contributed by atoms with Gasteiger partial charge in [-0.2, -0.15) is 0 Å². The van der Waals surface area contributed by atoms with Gasteiger partial charge in [0.15, 0.2) is 0 Å². The summed E-state index contributed by atoms with van der Waals surface area (Å²) in [4.78, 5) is 39.1. The van der Waals surface area contributed by atoms with Crippen LogP contribution >= 0.6 is 0 Å². The number of hydrogen-bond acceptors (Lipinski definition) is 4. The number of rotatable bonds is 3. The van der Waals surface area contributed by atoms with Crippen LogP contribution in [0, 0.1) is 23.7 Å². The van der Waals surface area contributed by atoms with E-state index in [1.807, 2.05) is 6.07 Å². The van der Waals surface area contributed by atoms with Crippen molar-refractivity contribution in [2.75, 3.05) is 4.90 Å². The van der Waals surface area contributed by atoms with E-state index >= 15 is 0 Å². The Hall–Kier alpha value is -3.21. The fraction of sp³-hybridized carbons (Fsp3) is 0.227. The monoisotopic (exact) mass is 359 g/mol. The molecule has 5 nitrogen and oxygen atoms in total. The summed E-state index contributed by atoms with van der Waals surface area (Å²) in [5.74, 6) is -0.375. The predicted molar refractivity (Wildman–Crippen MR) is 98.1 cm³/mol. The van der Waals surface area contributed by atoms with Crippen LogP contribution < -0.4 is 9.64 Å². The van der Waals surface area contributed by atoms with Crippen LogP contribution in [0.25, 0.3) is 0 Å². The highest BCUT2D eigenvalue weighted by Gasteiger charge is 2.59. The third-order valence-corrected chi connectivity index (χ3v) is 5.79. The topological polar surface area (TPSA) is 63.7 Å². The number of benzene rings is 2. The SMILES string of the molecule is O=C(Oc1ccc(N2C(=O)C3C4C=CC(C4)C3C2=O)cc1)c1ccccc1. The second-order valence-corrected chi connectivity index (χ2v) is 7.26. The Morgan fingerprint density at radius 2 is 1.44 bits per heavy atom. The lowest BCUT2D eigenvalue weighted by Gasteiger charge is -2.17. The molecule has 1 saturated carbocycles. The van der Waals surface area contributed by atoms with Crippen molar-refractivity contribution in [2.24, 2.45) is 23.7 Å². The molecule has 4 atom stereocenters. The fourth-order valence-corrected chi connectivity index (χ4v) is 4.56. The van der Waals surface area contributed by atoms with Gasteiger partial charge in [-0.3, -0.25) is 14.5 Å². The molecule has 2 aliphatic carbocycles. The Kier molecular flexibility index (Phi) is 3.50. The largest absolute Gasteiger partial charge is 0.423 e. The number of fused-ring (bicyclic) bond motifs is 5. The van der Waals surface area contributed by atoms with Gasteiger partial charge in [0, 0.05) is 0 Å². The van der Waals surface area contributed by atoms with E-state index in [-0.39, 0.29) is 35.5 Å². The van der Waals surface area contributed by atoms with Gasteiger partial charge in [-0.1, -0.05) is 30.4 Å². The highest BCUT2D eigenvalue weighted by Crippen LogP contribution is 2.53. The average molecular weight is 359 g/mol. The summed E-state index contributed by atoms with van der Waals surface area (Å²) in [6, 6.07) is 15.2. The zero-order valence-electron chi connectivity index (χ0n) is 14.4. The molecule has 27 heavy (non-hydrogen) atoms. The molecule has 3 aliphatic rings. The fourth-order valence-electron chi connectivity index (χ4n) is 4.56. The molecular weight excluding hydrogens is 342 g/mol. The van der Waals surface area contributed by atoms with Crippen LogP contribution in [0.5, 0.6) is 5.75 Å². The summed E-state index contributed by atoms with van der Waals surface area (Å²) < 4.78 is 5.35. The number of esters is 1. The lowest BCUT2D eigenvalue weighted by molar-refractivity contribution is -0.123. The minimum atomic E-state index is -0.450. The second kappa shape index (κ2) is 5.91. The van der Waals surface area contributed by atoms with Crippen molar-refractivity contribution in [3.8, 4) is 5.75 Å². The van der Waals surface area contributed by atoms with Gasteiger partial charge < -0.3 is 4.74 Å². The molecule has 0 aromatic heterocycles. The predicted octanol–water partition coefficient (Wildman–Crippen LogP) is 3.22. The summed E-state index contributed by atoms with van der Waals surface area (Å²) in [6.07, 6.45) is 5.06. The number of ether oxygens (including phenoxy) is 1. The summed E-state index contributed by atoms with van der Waals surface area (Å²) in [6.45, 7) is 0. The molecule has 2 aromatic rings. The maximum atomic E-state index is 12.8. The van der Waals surface area contributed by atoms with Crippen LogP contribution in [-0.4, -0.2) is 17.8 Å². The first kappa shape index (κ1) is 16.0. The normalized spacial score (nSPS) is 27.9. The van der Waals surface area contributed by atoms with Gasteiger partial charge in [-0.25, -0.2) is 4.79 Å². The van der Waals surface area contributed by atoms with Crippen LogP contribution in [-0.2, 0) is 9.59 Å². The first-order valence-electron chi connectivity index (χ1n) is 9.07. The van der Waals surface area contributed by atoms with Gasteiger partial charge in [0.1, 0.15) is 5.75 Å². The Balaban J connectivity index is 1.35. The molecule has 2 fully saturated rings. The molecule has 2 aromatic carbocycles. The number of amides is 2. The van der Waals surface area contributed by atoms with E-state index in [1.54, 1.807) is 48.5 Å². The Morgan fingerprint density at radius 3 is 2.04 bits per heavy atom. The van der Waals surface area contributed by atoms with Crippen molar-refractivity contribution in [1.82, 2.24) is 0 Å². The molecule has 0 spiro atoms. The number of allylic oxidation sites excluding steroid dienone is 2. The quantitative estimate of drug-likeness (QED) is 0.365. The molecule has 5 heteroatoms. The van der Waals surface area contributed by atoms with Crippen LogP contribution in [0.4, 0.5) is 5.69 Å². The maximum Gasteiger partial charge on any atom is 0.343 e. The molecule has 4 unspecified atom stereocenters. The Labute approximate surface area is 156 Å². The molecular formula is C22H17NO4. The number of carbonyl (C=O) groups is 3. The van der Waals surface area contributed by atoms with E-state index in [0.717, 1.165) is 6.42 Å². The van der Waals surface area contributed by atoms with Gasteiger partial charge in [-0.05, 0) is 54.7 Å². The molecule has 0 N–H and O–H groups in total. The van der Waals surface area contributed by atoms with E-state index in [1.165, 1.54) is 4.90 Å². The van der Waals surface area contributed by atoms with Gasteiger partial charge in [-0.15, -0.1) is 0 Å². The van der Waals surface area contributed by atoms with Gasteiger partial charge >= 0.3 is 5.97 Å². The van der Waals surface area contributed by atoms with Crippen molar-refractivity contribution < 1.29 is 19.1 Å². The number of nitrogens with zero attached hydrogens (tertiary/aromatic N) is 1. The molecule has 1 aliphatic heterocycles. The first-order valence-corrected chi connectivity index (χ1v) is 9.07. The molecule has 1 saturated heterocycles. The van der Waals surface area contributed by atoms with Crippen LogP contribution in [0.1, 0.15) is 16.8 Å². The summed E-state index contributed by atoms with van der Waals surface area (Å²) in [7, 11) is 0.